The number of carboxylic acid groups (broad SMARTS) is 1. The van der Waals surface area contributed by atoms with E-state index in [0.29, 0.717) is 14.2 Å². The summed E-state index contributed by atoms with van der Waals surface area (Å²) < 4.78 is 0.353. The number of carbonyl (C=O) groups excluding carboxylic acids is 2. The monoisotopic (exact) mass is 462 g/mol. The van der Waals surface area contributed by atoms with Crippen LogP contribution in [0.15, 0.2) is 47.4 Å². The molecule has 10 heteroatoms. The first kappa shape index (κ1) is 21.8. The highest BCUT2D eigenvalue weighted by atomic mass is 35.5. The van der Waals surface area contributed by atoms with Crippen LogP contribution in [0.25, 0.3) is 6.08 Å². The number of rotatable bonds is 6. The Balaban J connectivity index is 1.61. The van der Waals surface area contributed by atoms with Crippen LogP contribution in [0.5, 0.6) is 5.75 Å². The maximum atomic E-state index is 12.6. The predicted molar refractivity (Wildman–Crippen MR) is 120 cm³/mol. The smallest absolute Gasteiger partial charge is 0.339 e. The molecule has 30 heavy (non-hydrogen) atoms. The van der Waals surface area contributed by atoms with E-state index in [9.17, 15) is 19.5 Å². The number of amides is 2. The number of thiocarbonyl (C=S) groups is 1. The molecule has 1 aliphatic heterocycles. The van der Waals surface area contributed by atoms with Crippen molar-refractivity contribution >= 4 is 69.4 Å². The largest absolute Gasteiger partial charge is 0.507 e. The number of anilines is 1. The molecule has 3 N–H and O–H groups in total. The van der Waals surface area contributed by atoms with Gasteiger partial charge in [0.25, 0.3) is 5.91 Å². The Morgan fingerprint density at radius 2 is 1.90 bits per heavy atom. The number of hydrogen-bond acceptors (Lipinski definition) is 6. The number of carboxylic acids is 1. The molecule has 2 aromatic rings. The second kappa shape index (κ2) is 9.29. The summed E-state index contributed by atoms with van der Waals surface area (Å²) in [5.74, 6) is -2.42. The molecule has 0 bridgehead atoms. The normalized spacial score (nSPS) is 15.0. The van der Waals surface area contributed by atoms with Crippen LogP contribution in [-0.4, -0.2) is 43.8 Å². The molecule has 2 aromatic carbocycles. The van der Waals surface area contributed by atoms with Crippen molar-refractivity contribution in [1.29, 1.82) is 0 Å². The van der Waals surface area contributed by atoms with E-state index in [-0.39, 0.29) is 30.1 Å². The minimum Gasteiger partial charge on any atom is -0.507 e. The number of nitrogens with zero attached hydrogens (tertiary/aromatic N) is 1. The Kier molecular flexibility index (Phi) is 6.76. The van der Waals surface area contributed by atoms with E-state index in [2.05, 4.69) is 5.32 Å². The van der Waals surface area contributed by atoms with E-state index in [1.165, 1.54) is 17.0 Å². The summed E-state index contributed by atoms with van der Waals surface area (Å²) in [7, 11) is 0. The molecular formula is C20H15ClN2O5S2. The maximum absolute atomic E-state index is 12.6. The molecule has 0 spiro atoms. The highest BCUT2D eigenvalue weighted by Gasteiger charge is 2.32. The van der Waals surface area contributed by atoms with Crippen molar-refractivity contribution in [2.24, 2.45) is 0 Å². The van der Waals surface area contributed by atoms with Crippen LogP contribution >= 0.6 is 35.6 Å². The SMILES string of the molecule is O=C(CCN1C(=O)/C(=C/c2ccc(Cl)cc2)SC1=S)Nc1ccc(O)c(C(=O)O)c1. The quantitative estimate of drug-likeness (QED) is 0.338. The number of halogens is 1. The number of aromatic carboxylic acids is 1. The topological polar surface area (TPSA) is 107 Å². The van der Waals surface area contributed by atoms with Gasteiger partial charge in [0.2, 0.25) is 5.91 Å². The molecule has 2 amide bonds. The number of nitrogens with one attached hydrogen (secondary N) is 1. The van der Waals surface area contributed by atoms with Crippen LogP contribution in [0.2, 0.25) is 5.02 Å². The van der Waals surface area contributed by atoms with Crippen molar-refractivity contribution < 1.29 is 24.6 Å². The zero-order chi connectivity index (χ0) is 21.8. The van der Waals surface area contributed by atoms with E-state index in [1.54, 1.807) is 30.3 Å². The van der Waals surface area contributed by atoms with E-state index in [1.807, 2.05) is 0 Å². The molecule has 1 aliphatic rings. The number of benzene rings is 2. The second-order valence-electron chi connectivity index (χ2n) is 6.22. The Hall–Kier alpha value is -2.88. The van der Waals surface area contributed by atoms with Crippen molar-refractivity contribution in [3.8, 4) is 5.75 Å². The zero-order valence-corrected chi connectivity index (χ0v) is 17.7. The van der Waals surface area contributed by atoms with Crippen LogP contribution in [0.3, 0.4) is 0 Å². The summed E-state index contributed by atoms with van der Waals surface area (Å²) in [6.45, 7) is 0.0817. The molecule has 1 fully saturated rings. The van der Waals surface area contributed by atoms with E-state index < -0.39 is 17.6 Å². The lowest BCUT2D eigenvalue weighted by atomic mass is 10.1. The van der Waals surface area contributed by atoms with Gasteiger partial charge in [-0.3, -0.25) is 14.5 Å². The van der Waals surface area contributed by atoms with Crippen molar-refractivity contribution in [2.75, 3.05) is 11.9 Å². The minimum absolute atomic E-state index is 0.0378. The average Bonchev–Trinajstić information content (AvgIpc) is 2.96. The molecule has 0 saturated carbocycles. The second-order valence-corrected chi connectivity index (χ2v) is 8.33. The number of hydrogen-bond donors (Lipinski definition) is 3. The van der Waals surface area contributed by atoms with Gasteiger partial charge in [0.15, 0.2) is 0 Å². The van der Waals surface area contributed by atoms with E-state index >= 15 is 0 Å². The number of aromatic hydroxyl groups is 1. The van der Waals surface area contributed by atoms with Gasteiger partial charge in [-0.15, -0.1) is 0 Å². The minimum atomic E-state index is -1.31. The van der Waals surface area contributed by atoms with Crippen LogP contribution < -0.4 is 5.32 Å². The average molecular weight is 463 g/mol. The lowest BCUT2D eigenvalue weighted by Crippen LogP contribution is -2.31. The maximum Gasteiger partial charge on any atom is 0.339 e. The molecule has 0 radical (unpaired) electrons. The number of phenols is 1. The van der Waals surface area contributed by atoms with Gasteiger partial charge in [-0.1, -0.05) is 47.7 Å². The summed E-state index contributed by atoms with van der Waals surface area (Å²) >= 11 is 12.3. The molecular weight excluding hydrogens is 448 g/mol. The van der Waals surface area contributed by atoms with Gasteiger partial charge < -0.3 is 15.5 Å². The van der Waals surface area contributed by atoms with Crippen LogP contribution in [0, 0.1) is 0 Å². The summed E-state index contributed by atoms with van der Waals surface area (Å²) in [6, 6.07) is 10.7. The van der Waals surface area contributed by atoms with Crippen molar-refractivity contribution in [3.05, 3.63) is 63.5 Å². The third-order valence-corrected chi connectivity index (χ3v) is 5.74. The van der Waals surface area contributed by atoms with Crippen molar-refractivity contribution in [2.45, 2.75) is 6.42 Å². The fourth-order valence-electron chi connectivity index (χ4n) is 2.63. The third kappa shape index (κ3) is 5.18. The lowest BCUT2D eigenvalue weighted by molar-refractivity contribution is -0.122. The summed E-state index contributed by atoms with van der Waals surface area (Å²) in [4.78, 5) is 37.7. The van der Waals surface area contributed by atoms with Gasteiger partial charge in [0.1, 0.15) is 15.6 Å². The van der Waals surface area contributed by atoms with Gasteiger partial charge >= 0.3 is 5.97 Å². The summed E-state index contributed by atoms with van der Waals surface area (Å²) in [5, 5.41) is 21.7. The highest BCUT2D eigenvalue weighted by molar-refractivity contribution is 8.26. The third-order valence-electron chi connectivity index (χ3n) is 4.11. The van der Waals surface area contributed by atoms with Crippen molar-refractivity contribution in [1.82, 2.24) is 4.90 Å². The Bertz CT molecular complexity index is 1070. The molecule has 7 nitrogen and oxygen atoms in total. The highest BCUT2D eigenvalue weighted by Crippen LogP contribution is 2.32. The molecule has 1 saturated heterocycles. The first-order chi connectivity index (χ1) is 14.2. The standard InChI is InChI=1S/C20H15ClN2O5S2/c21-12-3-1-11(2-4-12)9-16-18(26)23(20(29)30-16)8-7-17(25)22-13-5-6-15(24)14(10-13)19(27)28/h1-6,9-10,24H,7-8H2,(H,22,25)(H,27,28)/b16-9-. The first-order valence-electron chi connectivity index (χ1n) is 8.61. The van der Waals surface area contributed by atoms with Gasteiger partial charge in [0.05, 0.1) is 4.91 Å². The van der Waals surface area contributed by atoms with Crippen LogP contribution in [0.4, 0.5) is 5.69 Å². The first-order valence-corrected chi connectivity index (χ1v) is 10.2. The molecule has 0 aliphatic carbocycles. The molecule has 0 atom stereocenters. The number of carbonyl (C=O) groups is 3. The molecule has 0 aromatic heterocycles. The van der Waals surface area contributed by atoms with Gasteiger partial charge in [0, 0.05) is 23.7 Å². The van der Waals surface area contributed by atoms with Crippen LogP contribution in [-0.2, 0) is 9.59 Å². The molecule has 154 valence electrons. The Morgan fingerprint density at radius 3 is 2.57 bits per heavy atom. The van der Waals surface area contributed by atoms with Crippen LogP contribution in [0.1, 0.15) is 22.3 Å². The molecule has 0 unspecified atom stereocenters. The fraction of sp³-hybridized carbons (Fsp3) is 0.100. The van der Waals surface area contributed by atoms with Crippen molar-refractivity contribution in [3.63, 3.8) is 0 Å². The number of thioether (sulfide) groups is 1. The Morgan fingerprint density at radius 1 is 1.20 bits per heavy atom. The van der Waals surface area contributed by atoms with E-state index in [0.717, 1.165) is 23.4 Å². The van der Waals surface area contributed by atoms with Gasteiger partial charge in [-0.25, -0.2) is 4.79 Å². The zero-order valence-electron chi connectivity index (χ0n) is 15.3. The predicted octanol–water partition coefficient (Wildman–Crippen LogP) is 3.97. The van der Waals surface area contributed by atoms with Gasteiger partial charge in [-0.05, 0) is 42.0 Å². The molecule has 1 heterocycles. The molecule has 3 rings (SSSR count). The fourth-order valence-corrected chi connectivity index (χ4v) is 4.06. The Labute approximate surface area is 186 Å². The van der Waals surface area contributed by atoms with Gasteiger partial charge in [-0.2, -0.15) is 0 Å². The lowest BCUT2D eigenvalue weighted by Gasteiger charge is -2.14. The van der Waals surface area contributed by atoms with E-state index in [4.69, 9.17) is 28.9 Å². The summed E-state index contributed by atoms with van der Waals surface area (Å²) in [5.41, 5.74) is 0.708. The summed E-state index contributed by atoms with van der Waals surface area (Å²) in [6.07, 6.45) is 1.67.